The summed E-state index contributed by atoms with van der Waals surface area (Å²) in [5.74, 6) is 0.844. The number of aliphatic hydroxyl groups is 1. The van der Waals surface area contributed by atoms with Crippen molar-refractivity contribution in [3.8, 4) is 5.75 Å². The largest absolute Gasteiger partial charge is 0.496 e. The third-order valence-electron chi connectivity index (χ3n) is 2.42. The lowest BCUT2D eigenvalue weighted by molar-refractivity contribution is 0.0907. The zero-order valence-electron chi connectivity index (χ0n) is 10.6. The van der Waals surface area contributed by atoms with E-state index in [1.165, 1.54) is 5.56 Å². The first-order valence-corrected chi connectivity index (χ1v) is 6.79. The molecule has 1 aromatic rings. The molecule has 0 amide bonds. The second-order valence-electron chi connectivity index (χ2n) is 3.84. The molecule has 0 aliphatic heterocycles. The van der Waals surface area contributed by atoms with Crippen molar-refractivity contribution in [3.63, 3.8) is 0 Å². The van der Waals surface area contributed by atoms with E-state index in [0.717, 1.165) is 29.7 Å². The Bertz CT molecular complexity index is 347. The van der Waals surface area contributed by atoms with Gasteiger partial charge in [-0.1, -0.05) is 6.07 Å². The molecule has 0 saturated carbocycles. The van der Waals surface area contributed by atoms with Crippen LogP contribution in [0.4, 0.5) is 0 Å². The van der Waals surface area contributed by atoms with Crippen molar-refractivity contribution >= 4 is 15.9 Å². The highest BCUT2D eigenvalue weighted by atomic mass is 79.9. The second-order valence-corrected chi connectivity index (χ2v) is 4.69. The summed E-state index contributed by atoms with van der Waals surface area (Å²) >= 11 is 3.46. The maximum atomic E-state index is 8.53. The number of aliphatic hydroxyl groups excluding tert-OH is 1. The minimum atomic E-state index is 0.0906. The predicted octanol–water partition coefficient (Wildman–Crippen LogP) is 1.95. The molecule has 0 saturated heterocycles. The van der Waals surface area contributed by atoms with Crippen molar-refractivity contribution in [3.05, 3.63) is 28.2 Å². The predicted molar refractivity (Wildman–Crippen MR) is 74.9 cm³/mol. The quantitative estimate of drug-likeness (QED) is 0.683. The van der Waals surface area contributed by atoms with Gasteiger partial charge in [-0.25, -0.2) is 0 Å². The first-order chi connectivity index (χ1) is 8.77. The first-order valence-electron chi connectivity index (χ1n) is 5.99. The van der Waals surface area contributed by atoms with Crippen LogP contribution in [0, 0.1) is 0 Å². The Labute approximate surface area is 116 Å². The van der Waals surface area contributed by atoms with Gasteiger partial charge in [0.25, 0.3) is 0 Å². The van der Waals surface area contributed by atoms with Gasteiger partial charge in [0.15, 0.2) is 0 Å². The van der Waals surface area contributed by atoms with E-state index in [9.17, 15) is 0 Å². The standard InChI is InChI=1S/C13H20BrNO3/c1-17-13-4-3-11(9-12(13)14)10-15-5-2-7-18-8-6-16/h3-4,9,15-16H,2,5-8,10H2,1H3. The van der Waals surface area contributed by atoms with Crippen LogP contribution >= 0.6 is 15.9 Å². The molecule has 0 radical (unpaired) electrons. The van der Waals surface area contributed by atoms with Gasteiger partial charge in [-0.15, -0.1) is 0 Å². The lowest BCUT2D eigenvalue weighted by Crippen LogP contribution is -2.16. The molecule has 0 spiro atoms. The average molecular weight is 318 g/mol. The summed E-state index contributed by atoms with van der Waals surface area (Å²) in [5, 5.41) is 11.9. The summed E-state index contributed by atoms with van der Waals surface area (Å²) < 4.78 is 11.3. The van der Waals surface area contributed by atoms with Crippen molar-refractivity contribution in [2.45, 2.75) is 13.0 Å². The summed E-state index contributed by atoms with van der Waals surface area (Å²) in [4.78, 5) is 0. The molecule has 0 bridgehead atoms. The normalized spacial score (nSPS) is 10.6. The molecule has 5 heteroatoms. The minimum absolute atomic E-state index is 0.0906. The Morgan fingerprint density at radius 1 is 1.33 bits per heavy atom. The Balaban J connectivity index is 2.17. The van der Waals surface area contributed by atoms with Gasteiger partial charge >= 0.3 is 0 Å². The third kappa shape index (κ3) is 5.82. The van der Waals surface area contributed by atoms with E-state index in [4.69, 9.17) is 14.6 Å². The van der Waals surface area contributed by atoms with Crippen molar-refractivity contribution in [1.82, 2.24) is 5.32 Å². The molecule has 0 unspecified atom stereocenters. The highest BCUT2D eigenvalue weighted by Crippen LogP contribution is 2.25. The smallest absolute Gasteiger partial charge is 0.133 e. The maximum absolute atomic E-state index is 8.53. The van der Waals surface area contributed by atoms with Crippen LogP contribution in [0.5, 0.6) is 5.75 Å². The number of benzene rings is 1. The fourth-order valence-corrected chi connectivity index (χ4v) is 2.11. The Morgan fingerprint density at radius 3 is 2.83 bits per heavy atom. The van der Waals surface area contributed by atoms with E-state index >= 15 is 0 Å². The monoisotopic (exact) mass is 317 g/mol. The van der Waals surface area contributed by atoms with E-state index in [1.807, 2.05) is 18.2 Å². The molecule has 102 valence electrons. The molecule has 0 atom stereocenters. The molecule has 4 nitrogen and oxygen atoms in total. The Hall–Kier alpha value is -0.620. The minimum Gasteiger partial charge on any atom is -0.496 e. The SMILES string of the molecule is COc1ccc(CNCCCOCCO)cc1Br. The van der Waals surface area contributed by atoms with Gasteiger partial charge in [-0.2, -0.15) is 0 Å². The molecule has 0 heterocycles. The molecule has 1 rings (SSSR count). The van der Waals surface area contributed by atoms with Gasteiger partial charge < -0.3 is 19.9 Å². The fraction of sp³-hybridized carbons (Fsp3) is 0.538. The van der Waals surface area contributed by atoms with Crippen molar-refractivity contribution in [2.24, 2.45) is 0 Å². The maximum Gasteiger partial charge on any atom is 0.133 e. The topological polar surface area (TPSA) is 50.7 Å². The fourth-order valence-electron chi connectivity index (χ4n) is 1.52. The zero-order valence-corrected chi connectivity index (χ0v) is 12.2. The Kier molecular flexibility index (Phi) is 8.00. The van der Waals surface area contributed by atoms with E-state index in [0.29, 0.717) is 13.2 Å². The molecule has 1 aromatic carbocycles. The van der Waals surface area contributed by atoms with E-state index < -0.39 is 0 Å². The Morgan fingerprint density at radius 2 is 2.17 bits per heavy atom. The van der Waals surface area contributed by atoms with Crippen molar-refractivity contribution < 1.29 is 14.6 Å². The molecule has 0 aliphatic rings. The number of ether oxygens (including phenoxy) is 2. The lowest BCUT2D eigenvalue weighted by atomic mass is 10.2. The van der Waals surface area contributed by atoms with Crippen LogP contribution in [-0.2, 0) is 11.3 Å². The first kappa shape index (κ1) is 15.4. The summed E-state index contributed by atoms with van der Waals surface area (Å²) in [6.07, 6.45) is 0.942. The van der Waals surface area contributed by atoms with Crippen LogP contribution in [0.1, 0.15) is 12.0 Å². The summed E-state index contributed by atoms with van der Waals surface area (Å²) in [5.41, 5.74) is 1.21. The molecular weight excluding hydrogens is 298 g/mol. The molecule has 2 N–H and O–H groups in total. The second kappa shape index (κ2) is 9.33. The van der Waals surface area contributed by atoms with E-state index in [2.05, 4.69) is 21.2 Å². The van der Waals surface area contributed by atoms with Crippen LogP contribution in [0.3, 0.4) is 0 Å². The summed E-state index contributed by atoms with van der Waals surface area (Å²) in [6, 6.07) is 6.04. The van der Waals surface area contributed by atoms with Crippen molar-refractivity contribution in [2.75, 3.05) is 33.5 Å². The zero-order chi connectivity index (χ0) is 13.2. The average Bonchev–Trinajstić information content (AvgIpc) is 2.38. The summed E-state index contributed by atoms with van der Waals surface area (Å²) in [7, 11) is 1.66. The third-order valence-corrected chi connectivity index (χ3v) is 3.04. The van der Waals surface area contributed by atoms with Crippen LogP contribution < -0.4 is 10.1 Å². The number of methoxy groups -OCH3 is 1. The number of nitrogens with one attached hydrogen (secondary N) is 1. The number of hydrogen-bond acceptors (Lipinski definition) is 4. The highest BCUT2D eigenvalue weighted by Gasteiger charge is 2.00. The van der Waals surface area contributed by atoms with E-state index in [1.54, 1.807) is 7.11 Å². The highest BCUT2D eigenvalue weighted by molar-refractivity contribution is 9.10. The van der Waals surface area contributed by atoms with Crippen LogP contribution in [0.15, 0.2) is 22.7 Å². The number of halogens is 1. The molecule has 18 heavy (non-hydrogen) atoms. The molecule has 0 aliphatic carbocycles. The van der Waals surface area contributed by atoms with Gasteiger partial charge in [-0.3, -0.25) is 0 Å². The van der Waals surface area contributed by atoms with Gasteiger partial charge in [0.1, 0.15) is 5.75 Å². The van der Waals surface area contributed by atoms with Crippen LogP contribution in [0.25, 0.3) is 0 Å². The van der Waals surface area contributed by atoms with Gasteiger partial charge in [-0.05, 0) is 46.6 Å². The van der Waals surface area contributed by atoms with Gasteiger partial charge in [0.2, 0.25) is 0 Å². The van der Waals surface area contributed by atoms with Crippen molar-refractivity contribution in [1.29, 1.82) is 0 Å². The summed E-state index contributed by atoms with van der Waals surface area (Å²) in [6.45, 7) is 2.91. The number of hydrogen-bond donors (Lipinski definition) is 2. The molecule has 0 fully saturated rings. The molecule has 0 aromatic heterocycles. The van der Waals surface area contributed by atoms with Gasteiger partial charge in [0.05, 0.1) is 24.8 Å². The van der Waals surface area contributed by atoms with Crippen LogP contribution in [-0.4, -0.2) is 38.6 Å². The lowest BCUT2D eigenvalue weighted by Gasteiger charge is -2.08. The van der Waals surface area contributed by atoms with Gasteiger partial charge in [0, 0.05) is 13.2 Å². The van der Waals surface area contributed by atoms with Crippen LogP contribution in [0.2, 0.25) is 0 Å². The molecular formula is C13H20BrNO3. The van der Waals surface area contributed by atoms with E-state index in [-0.39, 0.29) is 6.61 Å². The number of rotatable bonds is 9.